The van der Waals surface area contributed by atoms with Gasteiger partial charge >= 0.3 is 0 Å². The molecule has 0 aliphatic heterocycles. The van der Waals surface area contributed by atoms with Gasteiger partial charge in [-0.05, 0) is 23.8 Å². The third-order valence-electron chi connectivity index (χ3n) is 3.94. The Hall–Kier alpha value is -3.05. The Kier molecular flexibility index (Phi) is 2.61. The molecule has 0 amide bonds. The number of hydrogen-bond acceptors (Lipinski definition) is 3. The summed E-state index contributed by atoms with van der Waals surface area (Å²) in [5.74, 6) is -0.524. The van der Waals surface area contributed by atoms with Crippen molar-refractivity contribution >= 4 is 5.70 Å². The van der Waals surface area contributed by atoms with Crippen molar-refractivity contribution in [2.24, 2.45) is 12.8 Å². The van der Waals surface area contributed by atoms with E-state index in [-0.39, 0.29) is 16.8 Å². The monoisotopic (exact) mass is 278 g/mol. The van der Waals surface area contributed by atoms with Crippen molar-refractivity contribution in [1.29, 1.82) is 10.5 Å². The average Bonchev–Trinajstić information content (AvgIpc) is 3.00. The molecule has 0 bridgehead atoms. The molecule has 1 aromatic heterocycles. The van der Waals surface area contributed by atoms with Crippen LogP contribution in [-0.2, 0) is 12.5 Å². The Morgan fingerprint density at radius 1 is 1.24 bits per heavy atom. The normalized spacial score (nSPS) is 20.0. The lowest BCUT2D eigenvalue weighted by Crippen LogP contribution is -2.28. The second kappa shape index (κ2) is 4.22. The van der Waals surface area contributed by atoms with Gasteiger partial charge in [-0.25, -0.2) is 4.39 Å². The molecule has 102 valence electrons. The van der Waals surface area contributed by atoms with Crippen LogP contribution in [0.25, 0.3) is 5.70 Å². The number of allylic oxidation sites excluding steroid dienone is 1. The summed E-state index contributed by atoms with van der Waals surface area (Å²) in [4.78, 5) is 0. The molecule has 1 aromatic carbocycles. The van der Waals surface area contributed by atoms with Gasteiger partial charge in [0.1, 0.15) is 5.82 Å². The van der Waals surface area contributed by atoms with Crippen LogP contribution in [0.2, 0.25) is 0 Å². The molecule has 1 aliphatic rings. The maximum atomic E-state index is 14.1. The van der Waals surface area contributed by atoms with Crippen LogP contribution in [0.3, 0.4) is 0 Å². The van der Waals surface area contributed by atoms with Crippen molar-refractivity contribution in [3.05, 3.63) is 64.7 Å². The lowest BCUT2D eigenvalue weighted by Gasteiger charge is -2.24. The van der Waals surface area contributed by atoms with Crippen molar-refractivity contribution in [2.75, 3.05) is 0 Å². The molecule has 5 heteroatoms. The molecule has 0 saturated heterocycles. The minimum absolute atomic E-state index is 0.0355. The molecule has 1 unspecified atom stereocenters. The number of nitrogens with two attached hydrogens (primary N) is 1. The highest BCUT2D eigenvalue weighted by atomic mass is 19.1. The van der Waals surface area contributed by atoms with Gasteiger partial charge in [-0.1, -0.05) is 12.1 Å². The third kappa shape index (κ3) is 1.40. The molecule has 0 saturated carbocycles. The molecule has 2 aromatic rings. The zero-order chi connectivity index (χ0) is 15.2. The van der Waals surface area contributed by atoms with E-state index in [1.54, 1.807) is 36.0 Å². The first-order valence-corrected chi connectivity index (χ1v) is 6.30. The summed E-state index contributed by atoms with van der Waals surface area (Å²) in [6, 6.07) is 12.1. The topological polar surface area (TPSA) is 78.5 Å². The van der Waals surface area contributed by atoms with Crippen molar-refractivity contribution in [1.82, 2.24) is 4.57 Å². The molecule has 0 fully saturated rings. The predicted octanol–water partition coefficient (Wildman–Crippen LogP) is 2.18. The van der Waals surface area contributed by atoms with Crippen LogP contribution in [0.1, 0.15) is 16.8 Å². The lowest BCUT2D eigenvalue weighted by molar-refractivity contribution is 0.618. The molecule has 0 spiro atoms. The summed E-state index contributed by atoms with van der Waals surface area (Å²) in [5.41, 5.74) is 5.87. The zero-order valence-electron chi connectivity index (χ0n) is 11.3. The fourth-order valence-corrected chi connectivity index (χ4v) is 3.01. The quantitative estimate of drug-likeness (QED) is 0.868. The van der Waals surface area contributed by atoms with E-state index in [0.717, 1.165) is 0 Å². The van der Waals surface area contributed by atoms with Gasteiger partial charge in [-0.2, -0.15) is 10.5 Å². The first kappa shape index (κ1) is 13.0. The van der Waals surface area contributed by atoms with Crippen molar-refractivity contribution < 1.29 is 4.39 Å². The van der Waals surface area contributed by atoms with Gasteiger partial charge in [0.05, 0.1) is 23.4 Å². The number of benzene rings is 1. The summed E-state index contributed by atoms with van der Waals surface area (Å²) in [7, 11) is 1.77. The maximum absolute atomic E-state index is 14.1. The van der Waals surface area contributed by atoms with Crippen molar-refractivity contribution in [2.45, 2.75) is 5.41 Å². The molecule has 1 atom stereocenters. The van der Waals surface area contributed by atoms with E-state index in [1.807, 2.05) is 6.07 Å². The van der Waals surface area contributed by atoms with Crippen LogP contribution in [-0.4, -0.2) is 4.57 Å². The lowest BCUT2D eigenvalue weighted by atomic mass is 9.76. The maximum Gasteiger partial charge on any atom is 0.159 e. The summed E-state index contributed by atoms with van der Waals surface area (Å²) in [6.45, 7) is 0. The van der Waals surface area contributed by atoms with Crippen LogP contribution in [0.5, 0.6) is 0 Å². The average molecular weight is 278 g/mol. The Bertz CT molecular complexity index is 863. The number of aryl methyl sites for hydroxylation is 1. The Morgan fingerprint density at radius 3 is 2.57 bits per heavy atom. The van der Waals surface area contributed by atoms with Crippen molar-refractivity contribution in [3.8, 4) is 12.1 Å². The zero-order valence-corrected chi connectivity index (χ0v) is 11.3. The highest BCUT2D eigenvalue weighted by molar-refractivity contribution is 5.86. The third-order valence-corrected chi connectivity index (χ3v) is 3.94. The van der Waals surface area contributed by atoms with Gasteiger partial charge in [-0.3, -0.25) is 0 Å². The second-order valence-corrected chi connectivity index (χ2v) is 4.93. The number of fused-ring (bicyclic) bond motifs is 1. The van der Waals surface area contributed by atoms with Gasteiger partial charge in [-0.15, -0.1) is 0 Å². The van der Waals surface area contributed by atoms with E-state index in [4.69, 9.17) is 5.73 Å². The van der Waals surface area contributed by atoms with E-state index >= 15 is 0 Å². The summed E-state index contributed by atoms with van der Waals surface area (Å²) in [6.07, 6.45) is 1.77. The molecule has 4 nitrogen and oxygen atoms in total. The van der Waals surface area contributed by atoms with E-state index < -0.39 is 11.2 Å². The summed E-state index contributed by atoms with van der Waals surface area (Å²) < 4.78 is 15.9. The van der Waals surface area contributed by atoms with Crippen LogP contribution < -0.4 is 5.73 Å². The summed E-state index contributed by atoms with van der Waals surface area (Å²) in [5, 5.41) is 19.3. The molecule has 1 aliphatic carbocycles. The smallest absolute Gasteiger partial charge is 0.159 e. The van der Waals surface area contributed by atoms with Gasteiger partial charge in [0.25, 0.3) is 0 Å². The Balaban J connectivity index is 2.49. The first-order chi connectivity index (χ1) is 10.1. The molecule has 0 radical (unpaired) electrons. The van der Waals surface area contributed by atoms with Crippen molar-refractivity contribution in [3.63, 3.8) is 0 Å². The number of halogens is 1. The van der Waals surface area contributed by atoms with Crippen LogP contribution >= 0.6 is 0 Å². The predicted molar refractivity (Wildman–Crippen MR) is 74.9 cm³/mol. The van der Waals surface area contributed by atoms with Crippen LogP contribution in [0.15, 0.2) is 42.1 Å². The highest BCUT2D eigenvalue weighted by Crippen LogP contribution is 2.49. The van der Waals surface area contributed by atoms with E-state index in [0.29, 0.717) is 11.3 Å². The van der Waals surface area contributed by atoms with E-state index in [9.17, 15) is 14.9 Å². The van der Waals surface area contributed by atoms with E-state index in [1.165, 1.54) is 12.1 Å². The summed E-state index contributed by atoms with van der Waals surface area (Å²) >= 11 is 0. The van der Waals surface area contributed by atoms with Gasteiger partial charge in [0, 0.05) is 24.5 Å². The van der Waals surface area contributed by atoms with E-state index in [2.05, 4.69) is 6.07 Å². The fourth-order valence-electron chi connectivity index (χ4n) is 3.01. The minimum Gasteiger partial charge on any atom is -0.397 e. The standard InChI is InChI=1S/C16H11FN4/c1-21-7-3-6-13(21)16(9-19)10-4-2-5-12(17)14(10)15(20)11(16)8-18/h2-7H,20H2,1H3. The molecule has 21 heavy (non-hydrogen) atoms. The highest BCUT2D eigenvalue weighted by Gasteiger charge is 2.49. The number of nitrogens with zero attached hydrogens (tertiary/aromatic N) is 3. The number of hydrogen-bond donors (Lipinski definition) is 1. The molecular weight excluding hydrogens is 267 g/mol. The number of rotatable bonds is 1. The SMILES string of the molecule is Cn1cccc1C1(C#N)C(C#N)=C(N)c2c(F)cccc21. The van der Waals surface area contributed by atoms with Gasteiger partial charge in [0.15, 0.2) is 5.41 Å². The molecule has 3 rings (SSSR count). The van der Waals surface area contributed by atoms with Crippen LogP contribution in [0.4, 0.5) is 4.39 Å². The second-order valence-electron chi connectivity index (χ2n) is 4.93. The van der Waals surface area contributed by atoms with Crippen LogP contribution in [0, 0.1) is 28.5 Å². The first-order valence-electron chi connectivity index (χ1n) is 6.30. The molecule has 2 N–H and O–H groups in total. The van der Waals surface area contributed by atoms with Gasteiger partial charge < -0.3 is 10.3 Å². The number of aromatic nitrogens is 1. The minimum atomic E-state index is -1.37. The fraction of sp³-hybridized carbons (Fsp3) is 0.125. The van der Waals surface area contributed by atoms with Gasteiger partial charge in [0.2, 0.25) is 0 Å². The molecule has 1 heterocycles. The Morgan fingerprint density at radius 2 is 2.00 bits per heavy atom. The number of nitriles is 2. The molecular formula is C16H11FN4. The largest absolute Gasteiger partial charge is 0.397 e. The Labute approximate surface area is 121 Å².